The molecular formula is C21H16BrCl2N3O4S. The molecule has 3 aromatic carbocycles. The molecule has 1 amide bonds. The molecule has 3 aromatic rings. The van der Waals surface area contributed by atoms with Gasteiger partial charge in [0.05, 0.1) is 21.8 Å². The average Bonchev–Trinajstić information content (AvgIpc) is 2.76. The molecule has 0 fully saturated rings. The zero-order valence-electron chi connectivity index (χ0n) is 16.2. The molecule has 11 heteroatoms. The maximum atomic E-state index is 13.2. The van der Waals surface area contributed by atoms with Crippen LogP contribution in [0.5, 0.6) is 5.75 Å². The van der Waals surface area contributed by atoms with Gasteiger partial charge in [-0.3, -0.25) is 9.10 Å². The Morgan fingerprint density at radius 3 is 2.50 bits per heavy atom. The van der Waals surface area contributed by atoms with Crippen LogP contribution in [-0.4, -0.2) is 32.2 Å². The highest BCUT2D eigenvalue weighted by atomic mass is 79.9. The number of sulfonamides is 1. The van der Waals surface area contributed by atoms with Gasteiger partial charge in [0, 0.05) is 15.1 Å². The maximum Gasteiger partial charge on any atom is 0.264 e. The molecule has 166 valence electrons. The van der Waals surface area contributed by atoms with Crippen LogP contribution in [0.2, 0.25) is 10.0 Å². The highest BCUT2D eigenvalue weighted by Crippen LogP contribution is 2.30. The number of nitrogens with one attached hydrogen (secondary N) is 1. The Morgan fingerprint density at radius 2 is 1.81 bits per heavy atom. The van der Waals surface area contributed by atoms with Gasteiger partial charge >= 0.3 is 0 Å². The molecule has 3 rings (SSSR count). The fourth-order valence-corrected chi connectivity index (χ4v) is 5.02. The largest absolute Gasteiger partial charge is 0.506 e. The average molecular weight is 557 g/mol. The lowest BCUT2D eigenvalue weighted by Crippen LogP contribution is -2.39. The Bertz CT molecular complexity index is 1270. The Balaban J connectivity index is 1.85. The quantitative estimate of drug-likeness (QED) is 0.322. The van der Waals surface area contributed by atoms with Gasteiger partial charge in [0.15, 0.2) is 0 Å². The maximum absolute atomic E-state index is 13.2. The number of phenolic OH excluding ortho intramolecular Hbond substituents is 1. The molecule has 0 aromatic heterocycles. The number of rotatable bonds is 7. The van der Waals surface area contributed by atoms with Gasteiger partial charge in [-0.15, -0.1) is 0 Å². The van der Waals surface area contributed by atoms with Gasteiger partial charge in [-0.25, -0.2) is 13.8 Å². The van der Waals surface area contributed by atoms with Crippen LogP contribution in [0.25, 0.3) is 0 Å². The molecule has 0 bridgehead atoms. The normalized spacial score (nSPS) is 11.5. The van der Waals surface area contributed by atoms with Gasteiger partial charge in [0.25, 0.3) is 15.9 Å². The van der Waals surface area contributed by atoms with Crippen LogP contribution < -0.4 is 9.73 Å². The summed E-state index contributed by atoms with van der Waals surface area (Å²) in [6.45, 7) is -0.534. The smallest absolute Gasteiger partial charge is 0.264 e. The number of hydrogen-bond acceptors (Lipinski definition) is 5. The summed E-state index contributed by atoms with van der Waals surface area (Å²) in [5.74, 6) is -0.954. The molecule has 2 N–H and O–H groups in total. The highest BCUT2D eigenvalue weighted by Gasteiger charge is 2.27. The monoisotopic (exact) mass is 555 g/mol. The zero-order valence-corrected chi connectivity index (χ0v) is 20.2. The van der Waals surface area contributed by atoms with E-state index in [-0.39, 0.29) is 26.3 Å². The number of hydrogen-bond donors (Lipinski definition) is 2. The van der Waals surface area contributed by atoms with Gasteiger partial charge in [0.1, 0.15) is 12.3 Å². The predicted molar refractivity (Wildman–Crippen MR) is 129 cm³/mol. The number of benzene rings is 3. The third-order valence-electron chi connectivity index (χ3n) is 4.17. The Kier molecular flexibility index (Phi) is 7.78. The molecular weight excluding hydrogens is 541 g/mol. The summed E-state index contributed by atoms with van der Waals surface area (Å²) in [5.41, 5.74) is 2.73. The summed E-state index contributed by atoms with van der Waals surface area (Å²) in [7, 11) is -4.04. The lowest BCUT2D eigenvalue weighted by molar-refractivity contribution is -0.119. The van der Waals surface area contributed by atoms with Gasteiger partial charge < -0.3 is 5.11 Å². The van der Waals surface area contributed by atoms with Crippen molar-refractivity contribution in [2.45, 2.75) is 4.90 Å². The number of nitrogens with zero attached hydrogens (tertiary/aromatic N) is 2. The number of halogens is 3. The Labute approximate surface area is 203 Å². The summed E-state index contributed by atoms with van der Waals surface area (Å²) < 4.78 is 28.1. The molecule has 7 nitrogen and oxygen atoms in total. The van der Waals surface area contributed by atoms with E-state index in [9.17, 15) is 18.3 Å². The third-order valence-corrected chi connectivity index (χ3v) is 6.95. The molecule has 0 heterocycles. The first-order valence-electron chi connectivity index (χ1n) is 9.02. The van der Waals surface area contributed by atoms with Crippen molar-refractivity contribution in [3.63, 3.8) is 0 Å². The van der Waals surface area contributed by atoms with E-state index >= 15 is 0 Å². The Morgan fingerprint density at radius 1 is 1.09 bits per heavy atom. The summed E-state index contributed by atoms with van der Waals surface area (Å²) in [5, 5.41) is 14.0. The lowest BCUT2D eigenvalue weighted by atomic mass is 10.2. The fourth-order valence-electron chi connectivity index (χ4n) is 2.69. The number of carbonyl (C=O) groups is 1. The zero-order chi connectivity index (χ0) is 23.3. The molecule has 0 atom stereocenters. The number of phenols is 1. The molecule has 0 aliphatic carbocycles. The van der Waals surface area contributed by atoms with Crippen molar-refractivity contribution in [1.82, 2.24) is 5.43 Å². The van der Waals surface area contributed by atoms with E-state index in [2.05, 4.69) is 26.5 Å². The van der Waals surface area contributed by atoms with E-state index < -0.39 is 22.5 Å². The molecule has 0 unspecified atom stereocenters. The number of aromatic hydroxyl groups is 1. The van der Waals surface area contributed by atoms with Crippen LogP contribution in [0.4, 0.5) is 5.69 Å². The minimum atomic E-state index is -4.04. The molecule has 32 heavy (non-hydrogen) atoms. The van der Waals surface area contributed by atoms with E-state index in [1.165, 1.54) is 24.3 Å². The third kappa shape index (κ3) is 5.80. The number of hydrazone groups is 1. The predicted octanol–water partition coefficient (Wildman–Crippen LogP) is 4.81. The van der Waals surface area contributed by atoms with Crippen molar-refractivity contribution < 1.29 is 18.3 Å². The number of anilines is 1. The summed E-state index contributed by atoms with van der Waals surface area (Å²) >= 11 is 15.1. The lowest BCUT2D eigenvalue weighted by Gasteiger charge is -2.23. The van der Waals surface area contributed by atoms with E-state index in [4.69, 9.17) is 23.2 Å². The summed E-state index contributed by atoms with van der Waals surface area (Å²) in [6, 6.07) is 17.1. The van der Waals surface area contributed by atoms with Gasteiger partial charge in [-0.05, 0) is 42.5 Å². The van der Waals surface area contributed by atoms with Crippen LogP contribution in [0.3, 0.4) is 0 Å². The van der Waals surface area contributed by atoms with Crippen LogP contribution in [0.1, 0.15) is 5.56 Å². The first-order valence-corrected chi connectivity index (χ1v) is 12.0. The number of amides is 1. The molecule has 0 saturated carbocycles. The standard InChI is InChI=1S/C21H16BrCl2N3O4S/c22-15-5-4-6-17(10-15)27(32(30,31)18-7-2-1-3-8-18)13-20(28)26-25-12-14-9-16(23)11-19(24)21(14)29/h1-12,29H,13H2,(H,26,28). The fraction of sp³-hybridized carbons (Fsp3) is 0.0476. The van der Waals surface area contributed by atoms with Crippen molar-refractivity contribution in [2.24, 2.45) is 5.10 Å². The first-order chi connectivity index (χ1) is 15.2. The first kappa shape index (κ1) is 24.1. The van der Waals surface area contributed by atoms with Crippen LogP contribution in [-0.2, 0) is 14.8 Å². The molecule has 0 radical (unpaired) electrons. The van der Waals surface area contributed by atoms with Crippen LogP contribution in [0, 0.1) is 0 Å². The van der Waals surface area contributed by atoms with Crippen molar-refractivity contribution in [1.29, 1.82) is 0 Å². The minimum Gasteiger partial charge on any atom is -0.506 e. The second-order valence-corrected chi connectivity index (χ2v) is 10.0. The summed E-state index contributed by atoms with van der Waals surface area (Å²) in [6.07, 6.45) is 1.15. The van der Waals surface area contributed by atoms with Crippen molar-refractivity contribution in [3.8, 4) is 5.75 Å². The van der Waals surface area contributed by atoms with Crippen molar-refractivity contribution >= 4 is 67.0 Å². The van der Waals surface area contributed by atoms with E-state index in [1.807, 2.05) is 0 Å². The van der Waals surface area contributed by atoms with Gasteiger partial charge in [-0.1, -0.05) is 63.4 Å². The van der Waals surface area contributed by atoms with Crippen LogP contribution in [0.15, 0.2) is 81.2 Å². The van der Waals surface area contributed by atoms with Crippen LogP contribution >= 0.6 is 39.1 Å². The van der Waals surface area contributed by atoms with E-state index in [0.717, 1.165) is 10.5 Å². The highest BCUT2D eigenvalue weighted by molar-refractivity contribution is 9.10. The number of carbonyl (C=O) groups excluding carboxylic acids is 1. The van der Waals surface area contributed by atoms with E-state index in [1.54, 1.807) is 42.5 Å². The topological polar surface area (TPSA) is 99.1 Å². The van der Waals surface area contributed by atoms with Gasteiger partial charge in [-0.2, -0.15) is 5.10 Å². The van der Waals surface area contributed by atoms with E-state index in [0.29, 0.717) is 10.2 Å². The molecule has 0 aliphatic rings. The SMILES string of the molecule is O=C(CN(c1cccc(Br)c1)S(=O)(=O)c1ccccc1)NN=Cc1cc(Cl)cc(Cl)c1O. The molecule has 0 aliphatic heterocycles. The molecule has 0 spiro atoms. The Hall–Kier alpha value is -2.59. The van der Waals surface area contributed by atoms with Gasteiger partial charge in [0.2, 0.25) is 0 Å². The minimum absolute atomic E-state index is 0.0278. The van der Waals surface area contributed by atoms with Crippen molar-refractivity contribution in [2.75, 3.05) is 10.8 Å². The molecule has 0 saturated heterocycles. The van der Waals surface area contributed by atoms with Crippen molar-refractivity contribution in [3.05, 3.63) is 86.8 Å². The summed E-state index contributed by atoms with van der Waals surface area (Å²) in [4.78, 5) is 12.6. The second kappa shape index (κ2) is 10.4. The second-order valence-electron chi connectivity index (χ2n) is 6.42.